The molecule has 2 heterocycles. The van der Waals surface area contributed by atoms with Gasteiger partial charge >= 0.3 is 5.97 Å². The molecule has 1 aliphatic carbocycles. The van der Waals surface area contributed by atoms with Crippen molar-refractivity contribution in [2.45, 2.75) is 62.5 Å². The normalized spacial score (nSPS) is 13.4. The predicted octanol–water partition coefficient (Wildman–Crippen LogP) is 7.51. The molecule has 3 amide bonds. The second-order valence-electron chi connectivity index (χ2n) is 11.1. The zero-order valence-corrected chi connectivity index (χ0v) is 28.5. The lowest BCUT2D eigenvalue weighted by Crippen LogP contribution is -2.30. The number of carbonyl (C=O) groups excluding carboxylic acids is 4. The fraction of sp³-hybridized carbons (Fsp3) is 0.270. The van der Waals surface area contributed by atoms with Gasteiger partial charge in [-0.05, 0) is 92.6 Å². The summed E-state index contributed by atoms with van der Waals surface area (Å²) in [4.78, 5) is 59.1. The summed E-state index contributed by atoms with van der Waals surface area (Å²) in [5.74, 6) is -1.54. The Hall–Kier alpha value is -4.74. The first kappa shape index (κ1) is 34.6. The van der Waals surface area contributed by atoms with E-state index < -0.39 is 23.0 Å². The van der Waals surface area contributed by atoms with Crippen LogP contribution in [0, 0.1) is 0 Å². The number of benzene rings is 2. The number of carbonyl (C=O) groups is 4. The van der Waals surface area contributed by atoms with E-state index in [1.807, 2.05) is 19.1 Å². The quantitative estimate of drug-likeness (QED) is 0.0611. The van der Waals surface area contributed by atoms with Crippen molar-refractivity contribution in [1.29, 1.82) is 0 Å². The van der Waals surface area contributed by atoms with E-state index in [0.717, 1.165) is 47.4 Å². The molecule has 5 rings (SSSR count). The summed E-state index contributed by atoms with van der Waals surface area (Å²) < 4.78 is 5.38. The molecule has 0 spiro atoms. The van der Waals surface area contributed by atoms with Crippen molar-refractivity contribution >= 4 is 63.6 Å². The number of hydrogen-bond acceptors (Lipinski definition) is 8. The van der Waals surface area contributed by atoms with Gasteiger partial charge in [-0.2, -0.15) is 0 Å². The van der Waals surface area contributed by atoms with Crippen LogP contribution in [-0.4, -0.2) is 40.5 Å². The van der Waals surface area contributed by atoms with E-state index in [1.54, 1.807) is 80.0 Å². The number of anilines is 2. The maximum Gasteiger partial charge on any atom is 0.341 e. The molecule has 48 heavy (non-hydrogen) atoms. The van der Waals surface area contributed by atoms with Gasteiger partial charge in [0.25, 0.3) is 11.8 Å². The number of rotatable bonds is 12. The molecule has 0 saturated carbocycles. The smallest absolute Gasteiger partial charge is 0.341 e. The highest BCUT2D eigenvalue weighted by atomic mass is 32.2. The lowest BCUT2D eigenvalue weighted by molar-refractivity contribution is -0.116. The number of thioether (sulfide) groups is 1. The van der Waals surface area contributed by atoms with Crippen molar-refractivity contribution in [3.8, 4) is 0 Å². The molecular weight excluding hydrogens is 645 g/mol. The first-order chi connectivity index (χ1) is 23.4. The Morgan fingerprint density at radius 2 is 1.77 bits per heavy atom. The Bertz CT molecular complexity index is 1790. The molecule has 1 atom stereocenters. The molecule has 0 radical (unpaired) electrons. The third-order valence-electron chi connectivity index (χ3n) is 7.70. The topological polar surface area (TPSA) is 126 Å². The Balaban J connectivity index is 1.31. The lowest BCUT2D eigenvalue weighted by atomic mass is 10.1. The Morgan fingerprint density at radius 3 is 2.52 bits per heavy atom. The van der Waals surface area contributed by atoms with Gasteiger partial charge in [-0.3, -0.25) is 19.4 Å². The number of aromatic nitrogens is 1. The SMILES string of the molecule is CCOC(=O)c1c(NC(=O)C(CC)Sc2cccc(NC(=O)/C(=C/c3cccnc3)NC(=O)c3ccccc3)c2)sc2c1CCCCC2. The van der Waals surface area contributed by atoms with E-state index in [-0.39, 0.29) is 18.2 Å². The van der Waals surface area contributed by atoms with Crippen LogP contribution in [0.2, 0.25) is 0 Å². The number of ether oxygens (including phenoxy) is 1. The number of esters is 1. The van der Waals surface area contributed by atoms with Gasteiger partial charge in [0.2, 0.25) is 5.91 Å². The van der Waals surface area contributed by atoms with Crippen LogP contribution in [0.5, 0.6) is 0 Å². The van der Waals surface area contributed by atoms with E-state index >= 15 is 0 Å². The van der Waals surface area contributed by atoms with Crippen molar-refractivity contribution in [2.75, 3.05) is 17.2 Å². The molecule has 1 aliphatic rings. The fourth-order valence-electron chi connectivity index (χ4n) is 5.34. The summed E-state index contributed by atoms with van der Waals surface area (Å²) >= 11 is 2.85. The van der Waals surface area contributed by atoms with Crippen LogP contribution in [-0.2, 0) is 27.2 Å². The molecule has 1 unspecified atom stereocenters. The molecule has 0 aliphatic heterocycles. The van der Waals surface area contributed by atoms with Crippen LogP contribution >= 0.6 is 23.1 Å². The number of hydrogen-bond donors (Lipinski definition) is 3. The van der Waals surface area contributed by atoms with Crippen LogP contribution in [0.15, 0.2) is 89.7 Å². The number of aryl methyl sites for hydroxylation is 1. The van der Waals surface area contributed by atoms with Crippen molar-refractivity contribution in [3.63, 3.8) is 0 Å². The molecular formula is C37H38N4O5S2. The van der Waals surface area contributed by atoms with Crippen LogP contribution in [0.3, 0.4) is 0 Å². The van der Waals surface area contributed by atoms with Gasteiger partial charge in [0.1, 0.15) is 10.7 Å². The molecule has 4 aromatic rings. The number of amides is 3. The molecule has 248 valence electrons. The minimum atomic E-state index is -0.515. The average molecular weight is 683 g/mol. The highest BCUT2D eigenvalue weighted by Crippen LogP contribution is 2.39. The largest absolute Gasteiger partial charge is 0.462 e. The van der Waals surface area contributed by atoms with Crippen molar-refractivity contribution in [2.24, 2.45) is 0 Å². The second-order valence-corrected chi connectivity index (χ2v) is 13.5. The average Bonchev–Trinajstić information content (AvgIpc) is 3.27. The maximum atomic E-state index is 13.6. The lowest BCUT2D eigenvalue weighted by Gasteiger charge is -2.16. The molecule has 3 N–H and O–H groups in total. The molecule has 2 aromatic heterocycles. The molecule has 2 aromatic carbocycles. The summed E-state index contributed by atoms with van der Waals surface area (Å²) in [5.41, 5.74) is 3.10. The number of nitrogens with one attached hydrogen (secondary N) is 3. The fourth-order valence-corrected chi connectivity index (χ4v) is 7.64. The highest BCUT2D eigenvalue weighted by molar-refractivity contribution is 8.00. The molecule has 0 bridgehead atoms. The third-order valence-corrected chi connectivity index (χ3v) is 10.3. The number of fused-ring (bicyclic) bond motifs is 1. The predicted molar refractivity (Wildman–Crippen MR) is 191 cm³/mol. The molecule has 0 saturated heterocycles. The van der Waals surface area contributed by atoms with Gasteiger partial charge in [0.15, 0.2) is 0 Å². The summed E-state index contributed by atoms with van der Waals surface area (Å²) in [6.45, 7) is 3.97. The van der Waals surface area contributed by atoms with Crippen LogP contribution < -0.4 is 16.0 Å². The third kappa shape index (κ3) is 8.99. The van der Waals surface area contributed by atoms with E-state index in [9.17, 15) is 19.2 Å². The Kier molecular flexibility index (Phi) is 12.2. The van der Waals surface area contributed by atoms with Gasteiger partial charge < -0.3 is 20.7 Å². The first-order valence-corrected chi connectivity index (χ1v) is 17.7. The number of nitrogens with zero attached hydrogens (tertiary/aromatic N) is 1. The van der Waals surface area contributed by atoms with Crippen LogP contribution in [0.25, 0.3) is 6.08 Å². The van der Waals surface area contributed by atoms with Crippen molar-refractivity contribution in [3.05, 3.63) is 112 Å². The zero-order valence-electron chi connectivity index (χ0n) is 26.9. The van der Waals surface area contributed by atoms with Gasteiger partial charge in [0, 0.05) is 33.4 Å². The van der Waals surface area contributed by atoms with Gasteiger partial charge in [-0.15, -0.1) is 23.1 Å². The minimum absolute atomic E-state index is 0.0486. The van der Waals surface area contributed by atoms with Gasteiger partial charge in [-0.1, -0.05) is 43.7 Å². The van der Waals surface area contributed by atoms with Gasteiger partial charge in [0.05, 0.1) is 17.4 Å². The van der Waals surface area contributed by atoms with Crippen LogP contribution in [0.1, 0.15) is 76.3 Å². The maximum absolute atomic E-state index is 13.6. The minimum Gasteiger partial charge on any atom is -0.462 e. The number of thiophene rings is 1. The van der Waals surface area contributed by atoms with E-state index in [1.165, 1.54) is 23.1 Å². The molecule has 11 heteroatoms. The van der Waals surface area contributed by atoms with Crippen LogP contribution in [0.4, 0.5) is 10.7 Å². The van der Waals surface area contributed by atoms with Crippen molar-refractivity contribution in [1.82, 2.24) is 10.3 Å². The van der Waals surface area contributed by atoms with Gasteiger partial charge in [-0.25, -0.2) is 4.79 Å². The van der Waals surface area contributed by atoms with E-state index in [0.29, 0.717) is 33.8 Å². The highest BCUT2D eigenvalue weighted by Gasteiger charge is 2.28. The first-order valence-electron chi connectivity index (χ1n) is 16.0. The number of pyridine rings is 1. The Morgan fingerprint density at radius 1 is 0.958 bits per heavy atom. The Labute approximate surface area is 288 Å². The van der Waals surface area contributed by atoms with E-state index in [4.69, 9.17) is 4.74 Å². The monoisotopic (exact) mass is 682 g/mol. The standard InChI is InChI=1S/C37H38N4O5S2/c1-3-30(35(44)41-36-32(37(45)46-4-2)28-18-9-6-10-19-31(28)48-36)47-27-17-11-16-26(22-27)39-34(43)29(21-24-13-12-20-38-23-24)40-33(42)25-14-7-5-8-15-25/h5,7-8,11-17,20-23,30H,3-4,6,9-10,18-19H2,1-2H3,(H,39,43)(H,40,42)(H,41,44)/b29-21-. The summed E-state index contributed by atoms with van der Waals surface area (Å²) in [7, 11) is 0. The summed E-state index contributed by atoms with van der Waals surface area (Å²) in [6, 6.07) is 19.4. The van der Waals surface area contributed by atoms with E-state index in [2.05, 4.69) is 20.9 Å². The zero-order chi connectivity index (χ0) is 33.9. The second kappa shape index (κ2) is 16.9. The molecule has 0 fully saturated rings. The summed E-state index contributed by atoms with van der Waals surface area (Å²) in [5, 5.41) is 8.75. The molecule has 9 nitrogen and oxygen atoms in total. The summed E-state index contributed by atoms with van der Waals surface area (Å²) in [6.07, 6.45) is 10.2. The van der Waals surface area contributed by atoms with Crippen molar-refractivity contribution < 1.29 is 23.9 Å².